The van der Waals surface area contributed by atoms with E-state index >= 15 is 0 Å². The lowest BCUT2D eigenvalue weighted by Crippen LogP contribution is -2.34. The van der Waals surface area contributed by atoms with Crippen molar-refractivity contribution < 1.29 is 19.1 Å². The van der Waals surface area contributed by atoms with E-state index in [-0.39, 0.29) is 12.3 Å². The third kappa shape index (κ3) is 4.69. The lowest BCUT2D eigenvalue weighted by atomic mass is 10.2. The van der Waals surface area contributed by atoms with Crippen molar-refractivity contribution in [3.05, 3.63) is 54.1 Å². The van der Waals surface area contributed by atoms with E-state index in [0.717, 1.165) is 10.6 Å². The van der Waals surface area contributed by atoms with Gasteiger partial charge in [0.05, 0.1) is 29.0 Å². The van der Waals surface area contributed by atoms with Gasteiger partial charge in [-0.15, -0.1) is 11.8 Å². The van der Waals surface area contributed by atoms with Crippen LogP contribution in [0.4, 0.5) is 11.4 Å². The van der Waals surface area contributed by atoms with E-state index in [1.807, 2.05) is 24.3 Å². The number of hydrogen-bond donors (Lipinski definition) is 2. The zero-order valence-electron chi connectivity index (χ0n) is 15.0. The predicted octanol–water partition coefficient (Wildman–Crippen LogP) is 2.93. The van der Waals surface area contributed by atoms with Gasteiger partial charge < -0.3 is 15.4 Å². The molecule has 0 saturated carbocycles. The second-order valence-electron chi connectivity index (χ2n) is 6.11. The highest BCUT2D eigenvalue weighted by atomic mass is 32.2. The molecule has 8 heteroatoms. The van der Waals surface area contributed by atoms with E-state index in [2.05, 4.69) is 10.6 Å². The third-order valence-corrected chi connectivity index (χ3v) is 5.27. The fourth-order valence-corrected chi connectivity index (χ4v) is 3.68. The molecule has 2 aromatic rings. The largest absolute Gasteiger partial charge is 0.452 e. The number of anilines is 2. The van der Waals surface area contributed by atoms with Gasteiger partial charge in [-0.1, -0.05) is 18.2 Å². The number of fused-ring (bicyclic) bond motifs is 1. The first-order chi connectivity index (χ1) is 13.5. The summed E-state index contributed by atoms with van der Waals surface area (Å²) in [6.45, 7) is 1.45. The molecule has 2 atom stereocenters. The minimum absolute atomic E-state index is 0.146. The first-order valence-corrected chi connectivity index (χ1v) is 9.41. The SMILES string of the molecule is C[C@@H](OC(=O)C[C@@H]1Sc2ccccc2NC1=O)C(=O)Nc1cccc(C#N)c1. The molecule has 0 aliphatic carbocycles. The third-order valence-electron chi connectivity index (χ3n) is 4.00. The zero-order chi connectivity index (χ0) is 20.1. The molecule has 1 heterocycles. The van der Waals surface area contributed by atoms with Crippen LogP contribution < -0.4 is 10.6 Å². The Kier molecular flexibility index (Phi) is 5.96. The Bertz CT molecular complexity index is 970. The summed E-state index contributed by atoms with van der Waals surface area (Å²) in [5, 5.41) is 13.6. The van der Waals surface area contributed by atoms with Crippen LogP contribution in [0.2, 0.25) is 0 Å². The number of amides is 2. The topological polar surface area (TPSA) is 108 Å². The molecule has 0 saturated heterocycles. The highest BCUT2D eigenvalue weighted by Crippen LogP contribution is 2.36. The average molecular weight is 395 g/mol. The van der Waals surface area contributed by atoms with Gasteiger partial charge in [0.1, 0.15) is 0 Å². The lowest BCUT2D eigenvalue weighted by molar-refractivity contribution is -0.153. The number of nitrogens with zero attached hydrogens (tertiary/aromatic N) is 1. The van der Waals surface area contributed by atoms with Crippen LogP contribution in [0.3, 0.4) is 0 Å². The molecule has 3 rings (SSSR count). The number of rotatable bonds is 5. The predicted molar refractivity (Wildman–Crippen MR) is 105 cm³/mol. The molecule has 1 aliphatic heterocycles. The molecule has 0 unspecified atom stereocenters. The number of nitriles is 1. The monoisotopic (exact) mass is 395 g/mol. The second kappa shape index (κ2) is 8.59. The summed E-state index contributed by atoms with van der Waals surface area (Å²) in [6, 6.07) is 15.7. The molecule has 2 aromatic carbocycles. The molecule has 0 spiro atoms. The number of carbonyl (C=O) groups excluding carboxylic acids is 3. The summed E-state index contributed by atoms with van der Waals surface area (Å²) in [5.41, 5.74) is 1.56. The maximum absolute atomic E-state index is 12.2. The van der Waals surface area contributed by atoms with Crippen LogP contribution in [0, 0.1) is 11.3 Å². The normalized spacial score (nSPS) is 16.1. The summed E-state index contributed by atoms with van der Waals surface area (Å²) in [4.78, 5) is 37.5. The van der Waals surface area contributed by atoms with E-state index in [4.69, 9.17) is 10.00 Å². The minimum atomic E-state index is -1.04. The molecule has 142 valence electrons. The van der Waals surface area contributed by atoms with Gasteiger partial charge in [0.15, 0.2) is 6.10 Å². The number of ether oxygens (including phenoxy) is 1. The molecule has 2 amide bonds. The number of thioether (sulfide) groups is 1. The molecule has 0 aromatic heterocycles. The summed E-state index contributed by atoms with van der Waals surface area (Å²) >= 11 is 1.29. The van der Waals surface area contributed by atoms with Crippen LogP contribution in [0.5, 0.6) is 0 Å². The lowest BCUT2D eigenvalue weighted by Gasteiger charge is -2.23. The van der Waals surface area contributed by atoms with Gasteiger partial charge in [0, 0.05) is 10.6 Å². The summed E-state index contributed by atoms with van der Waals surface area (Å²) in [6.07, 6.45) is -1.19. The van der Waals surface area contributed by atoms with Crippen molar-refractivity contribution in [2.24, 2.45) is 0 Å². The standard InChI is InChI=1S/C20H17N3O4S/c1-12(19(25)22-14-6-4-5-13(9-14)11-21)27-18(24)10-17-20(26)23-15-7-2-3-8-16(15)28-17/h2-9,12,17H,10H2,1H3,(H,22,25)(H,23,26)/t12-,17+/m1/s1. The van der Waals surface area contributed by atoms with Gasteiger partial charge in [-0.25, -0.2) is 0 Å². The second-order valence-corrected chi connectivity index (χ2v) is 7.35. The van der Waals surface area contributed by atoms with E-state index in [1.54, 1.807) is 24.3 Å². The molecule has 0 radical (unpaired) electrons. The van der Waals surface area contributed by atoms with Crippen molar-refractivity contribution in [2.45, 2.75) is 29.6 Å². The number of para-hydroxylation sites is 1. The van der Waals surface area contributed by atoms with Crippen LogP contribution >= 0.6 is 11.8 Å². The van der Waals surface area contributed by atoms with Gasteiger partial charge in [-0.3, -0.25) is 14.4 Å². The van der Waals surface area contributed by atoms with Gasteiger partial charge >= 0.3 is 5.97 Å². The summed E-state index contributed by atoms with van der Waals surface area (Å²) in [5.74, 6) is -1.43. The number of carbonyl (C=O) groups is 3. The Balaban J connectivity index is 1.55. The van der Waals surface area contributed by atoms with Crippen LogP contribution in [-0.2, 0) is 19.1 Å². The Morgan fingerprint density at radius 2 is 2.07 bits per heavy atom. The summed E-state index contributed by atoms with van der Waals surface area (Å²) < 4.78 is 5.17. The molecule has 0 fully saturated rings. The smallest absolute Gasteiger partial charge is 0.308 e. The molecule has 28 heavy (non-hydrogen) atoms. The first kappa shape index (κ1) is 19.5. The molecule has 0 bridgehead atoms. The van der Waals surface area contributed by atoms with Crippen molar-refractivity contribution >= 4 is 40.9 Å². The van der Waals surface area contributed by atoms with Gasteiger partial charge in [-0.2, -0.15) is 5.26 Å². The molecular formula is C20H17N3O4S. The quantitative estimate of drug-likeness (QED) is 0.754. The van der Waals surface area contributed by atoms with E-state index < -0.39 is 23.2 Å². The van der Waals surface area contributed by atoms with E-state index in [0.29, 0.717) is 11.3 Å². The highest BCUT2D eigenvalue weighted by Gasteiger charge is 2.30. The minimum Gasteiger partial charge on any atom is -0.452 e. The van der Waals surface area contributed by atoms with Crippen LogP contribution in [0.25, 0.3) is 0 Å². The Morgan fingerprint density at radius 3 is 2.86 bits per heavy atom. The number of nitrogens with one attached hydrogen (secondary N) is 2. The van der Waals surface area contributed by atoms with Crippen molar-refractivity contribution in [1.82, 2.24) is 0 Å². The first-order valence-electron chi connectivity index (χ1n) is 8.53. The number of esters is 1. The zero-order valence-corrected chi connectivity index (χ0v) is 15.8. The Hall–Kier alpha value is -3.31. The van der Waals surface area contributed by atoms with Gasteiger partial charge in [-0.05, 0) is 37.3 Å². The number of benzene rings is 2. The van der Waals surface area contributed by atoms with Crippen LogP contribution in [-0.4, -0.2) is 29.1 Å². The van der Waals surface area contributed by atoms with Crippen molar-refractivity contribution in [3.8, 4) is 6.07 Å². The maximum atomic E-state index is 12.2. The van der Waals surface area contributed by atoms with Gasteiger partial charge in [0.2, 0.25) is 5.91 Å². The van der Waals surface area contributed by atoms with Crippen LogP contribution in [0.1, 0.15) is 18.9 Å². The van der Waals surface area contributed by atoms with E-state index in [1.165, 1.54) is 24.8 Å². The van der Waals surface area contributed by atoms with E-state index in [9.17, 15) is 14.4 Å². The van der Waals surface area contributed by atoms with Crippen molar-refractivity contribution in [3.63, 3.8) is 0 Å². The Labute approximate surface area is 166 Å². The molecular weight excluding hydrogens is 378 g/mol. The molecule has 2 N–H and O–H groups in total. The highest BCUT2D eigenvalue weighted by molar-refractivity contribution is 8.01. The number of hydrogen-bond acceptors (Lipinski definition) is 6. The molecule has 7 nitrogen and oxygen atoms in total. The van der Waals surface area contributed by atoms with Crippen molar-refractivity contribution in [1.29, 1.82) is 5.26 Å². The Morgan fingerprint density at radius 1 is 1.29 bits per heavy atom. The summed E-state index contributed by atoms with van der Waals surface area (Å²) in [7, 11) is 0. The fraction of sp³-hybridized carbons (Fsp3) is 0.200. The average Bonchev–Trinajstić information content (AvgIpc) is 2.68. The molecule has 1 aliphatic rings. The van der Waals surface area contributed by atoms with Gasteiger partial charge in [0.25, 0.3) is 5.91 Å². The van der Waals surface area contributed by atoms with Crippen molar-refractivity contribution in [2.75, 3.05) is 10.6 Å². The van der Waals surface area contributed by atoms with Crippen LogP contribution in [0.15, 0.2) is 53.4 Å². The fourth-order valence-electron chi connectivity index (χ4n) is 2.59. The maximum Gasteiger partial charge on any atom is 0.308 e.